The number of benzene rings is 3. The van der Waals surface area contributed by atoms with Gasteiger partial charge in [0, 0.05) is 0 Å². The number of halogens is 2. The Hall–Kier alpha value is -0.877. The number of aryl methyl sites for hydroxylation is 3. The van der Waals surface area contributed by atoms with Crippen LogP contribution in [0.15, 0.2) is 60.7 Å². The molecule has 0 fully saturated rings. The summed E-state index contributed by atoms with van der Waals surface area (Å²) in [5.41, 5.74) is 3.93. The van der Waals surface area contributed by atoms with E-state index in [9.17, 15) is 0 Å². The molecule has 0 nitrogen and oxygen atoms in total. The van der Waals surface area contributed by atoms with Crippen LogP contribution in [0.1, 0.15) is 16.7 Å². The van der Waals surface area contributed by atoms with E-state index in [0.717, 1.165) is 5.02 Å². The van der Waals surface area contributed by atoms with Crippen LogP contribution in [0.5, 0.6) is 0 Å². The van der Waals surface area contributed by atoms with E-state index in [1.165, 1.54) is 26.5 Å². The average Bonchev–Trinajstić information content (AvgIpc) is 2.57. The molecule has 3 rings (SSSR count). The van der Waals surface area contributed by atoms with Gasteiger partial charge in [0.1, 0.15) is 0 Å². The topological polar surface area (TPSA) is 0 Å². The van der Waals surface area contributed by atoms with Crippen molar-refractivity contribution in [2.24, 2.45) is 0 Å². The fraction of sp³-hybridized carbons (Fsp3) is 0.143. The maximum atomic E-state index is 6.72. The first-order valence-corrected chi connectivity index (χ1v) is 13.8. The first kappa shape index (κ1) is 17.9. The van der Waals surface area contributed by atoms with Gasteiger partial charge in [-0.3, -0.25) is 0 Å². The Kier molecular flexibility index (Phi) is 5.65. The summed E-state index contributed by atoms with van der Waals surface area (Å²) < 4.78 is 4.23. The van der Waals surface area contributed by atoms with Crippen molar-refractivity contribution in [1.82, 2.24) is 0 Å². The fourth-order valence-corrected chi connectivity index (χ4v) is 15.2. The molecule has 3 heteroatoms. The third kappa shape index (κ3) is 3.40. The zero-order valence-electron chi connectivity index (χ0n) is 14.0. The molecule has 0 spiro atoms. The minimum atomic E-state index is -2.54. The van der Waals surface area contributed by atoms with Crippen LogP contribution < -0.4 is 9.81 Å². The van der Waals surface area contributed by atoms with Crippen LogP contribution in [0.2, 0.25) is 10.0 Å². The van der Waals surface area contributed by atoms with Gasteiger partial charge in [0.05, 0.1) is 0 Å². The molecule has 0 aliphatic heterocycles. The molecule has 0 N–H and O–H groups in total. The number of rotatable bonds is 3. The number of hydrogen-bond donors (Lipinski definition) is 0. The van der Waals surface area contributed by atoms with E-state index in [1.807, 2.05) is 6.07 Å². The first-order valence-electron chi connectivity index (χ1n) is 7.86. The molecule has 3 aromatic rings. The van der Waals surface area contributed by atoms with Crippen LogP contribution in [0.4, 0.5) is 0 Å². The fourth-order valence-electron chi connectivity index (χ4n) is 2.91. The summed E-state index contributed by atoms with van der Waals surface area (Å²) in [5, 5.41) is 1.39. The summed E-state index contributed by atoms with van der Waals surface area (Å²) in [5.74, 6) is 0. The summed E-state index contributed by atoms with van der Waals surface area (Å²) in [4.78, 5) is 0. The average molecular weight is 551 g/mol. The van der Waals surface area contributed by atoms with Gasteiger partial charge in [-0.1, -0.05) is 0 Å². The van der Waals surface area contributed by atoms with E-state index in [4.69, 9.17) is 23.2 Å². The van der Waals surface area contributed by atoms with Crippen molar-refractivity contribution in [3.05, 3.63) is 87.4 Å². The van der Waals surface area contributed by atoms with Gasteiger partial charge in [-0.25, -0.2) is 0 Å². The Bertz CT molecular complexity index is 841. The van der Waals surface area contributed by atoms with Crippen molar-refractivity contribution in [2.75, 3.05) is 0 Å². The SMILES string of the molecule is Cc1cccc[c]1[Bi]([c]1ccccc1C)[c]1c(C)ccc(Cl)c1Cl. The predicted molar refractivity (Wildman–Crippen MR) is 108 cm³/mol. The molecule has 0 unspecified atom stereocenters. The number of hydrogen-bond acceptors (Lipinski definition) is 0. The van der Waals surface area contributed by atoms with E-state index in [2.05, 4.69) is 75.4 Å². The van der Waals surface area contributed by atoms with Crippen LogP contribution in [0.3, 0.4) is 0 Å². The van der Waals surface area contributed by atoms with Crippen LogP contribution in [-0.4, -0.2) is 21.8 Å². The second-order valence-electron chi connectivity index (χ2n) is 5.94. The van der Waals surface area contributed by atoms with Gasteiger partial charge in [-0.05, 0) is 0 Å². The first-order chi connectivity index (χ1) is 11.5. The van der Waals surface area contributed by atoms with Gasteiger partial charge in [0.25, 0.3) is 0 Å². The van der Waals surface area contributed by atoms with E-state index < -0.39 is 21.8 Å². The van der Waals surface area contributed by atoms with E-state index in [-0.39, 0.29) is 0 Å². The Morgan fingerprint density at radius 1 is 0.625 bits per heavy atom. The molecule has 3 aromatic carbocycles. The van der Waals surface area contributed by atoms with Gasteiger partial charge in [-0.2, -0.15) is 0 Å². The summed E-state index contributed by atoms with van der Waals surface area (Å²) >= 11 is 10.6. The van der Waals surface area contributed by atoms with Crippen molar-refractivity contribution < 1.29 is 0 Å². The molecule has 0 radical (unpaired) electrons. The molecule has 0 aliphatic rings. The Labute approximate surface area is 162 Å². The molecule has 0 aromatic heterocycles. The maximum absolute atomic E-state index is 6.72. The Balaban J connectivity index is 2.35. The molecule has 0 aliphatic carbocycles. The van der Waals surface area contributed by atoms with Crippen molar-refractivity contribution in [1.29, 1.82) is 0 Å². The second-order valence-corrected chi connectivity index (χ2v) is 14.8. The summed E-state index contributed by atoms with van der Waals surface area (Å²) in [6, 6.07) is 21.4. The third-order valence-electron chi connectivity index (χ3n) is 4.21. The van der Waals surface area contributed by atoms with Crippen molar-refractivity contribution in [3.63, 3.8) is 0 Å². The van der Waals surface area contributed by atoms with Crippen LogP contribution >= 0.6 is 23.2 Å². The zero-order valence-corrected chi connectivity index (χ0v) is 19.0. The summed E-state index contributed by atoms with van der Waals surface area (Å²) in [7, 11) is 0. The Morgan fingerprint density at radius 2 is 1.12 bits per heavy atom. The molecule has 0 saturated heterocycles. The van der Waals surface area contributed by atoms with Crippen molar-refractivity contribution in [2.45, 2.75) is 20.8 Å². The normalized spacial score (nSPS) is 11.1. The molecule has 0 amide bonds. The van der Waals surface area contributed by atoms with Crippen molar-refractivity contribution >= 4 is 54.8 Å². The van der Waals surface area contributed by atoms with Gasteiger partial charge >= 0.3 is 163 Å². The monoisotopic (exact) mass is 550 g/mol. The van der Waals surface area contributed by atoms with Gasteiger partial charge in [-0.15, -0.1) is 0 Å². The molecule has 0 heterocycles. The van der Waals surface area contributed by atoms with Crippen molar-refractivity contribution in [3.8, 4) is 0 Å². The van der Waals surface area contributed by atoms with E-state index >= 15 is 0 Å². The zero-order chi connectivity index (χ0) is 17.3. The molecule has 0 saturated carbocycles. The van der Waals surface area contributed by atoms with Crippen LogP contribution in [0, 0.1) is 20.8 Å². The molecule has 0 bridgehead atoms. The van der Waals surface area contributed by atoms with Crippen LogP contribution in [-0.2, 0) is 0 Å². The molecular weight excluding hydrogens is 532 g/mol. The molecule has 0 atom stereocenters. The quantitative estimate of drug-likeness (QED) is 0.423. The molecule has 24 heavy (non-hydrogen) atoms. The van der Waals surface area contributed by atoms with Gasteiger partial charge < -0.3 is 0 Å². The Morgan fingerprint density at radius 3 is 1.62 bits per heavy atom. The predicted octanol–water partition coefficient (Wildman–Crippen LogP) is 4.43. The van der Waals surface area contributed by atoms with E-state index in [0.29, 0.717) is 5.02 Å². The van der Waals surface area contributed by atoms with E-state index in [1.54, 1.807) is 0 Å². The molecular formula is C21H19BiCl2. The summed E-state index contributed by atoms with van der Waals surface area (Å²) in [6.45, 7) is 6.55. The standard InChI is InChI=1S/C7H5Cl2.2C7H7.Bi/c1-5-2-3-6(8)7(9)4-5;2*1-7-5-3-2-4-6-7;/h2-3H,1H3;2*2-5H,1H3;. The molecule has 122 valence electrons. The summed E-state index contributed by atoms with van der Waals surface area (Å²) in [6.07, 6.45) is 0. The third-order valence-corrected chi connectivity index (χ3v) is 17.2. The second kappa shape index (κ2) is 7.56. The minimum absolute atomic E-state index is 0.652. The van der Waals surface area contributed by atoms with Gasteiger partial charge in [0.15, 0.2) is 0 Å². The van der Waals surface area contributed by atoms with Crippen LogP contribution in [0.25, 0.3) is 0 Å². The van der Waals surface area contributed by atoms with Gasteiger partial charge in [0.2, 0.25) is 0 Å².